The molecule has 2 amide bonds. The smallest absolute Gasteiger partial charge is 0.261 e. The van der Waals surface area contributed by atoms with Gasteiger partial charge in [-0.1, -0.05) is 19.1 Å². The minimum absolute atomic E-state index is 0.0234. The van der Waals surface area contributed by atoms with E-state index in [0.29, 0.717) is 23.5 Å². The van der Waals surface area contributed by atoms with Gasteiger partial charge < -0.3 is 25.2 Å². The molecule has 7 heteroatoms. The molecule has 2 aliphatic rings. The molecule has 27 heavy (non-hydrogen) atoms. The van der Waals surface area contributed by atoms with Crippen LogP contribution in [0.1, 0.15) is 31.7 Å². The Hall–Kier alpha value is -2.38. The number of aliphatic hydroxyl groups is 2. The molecule has 0 aromatic heterocycles. The van der Waals surface area contributed by atoms with E-state index in [1.807, 2.05) is 0 Å². The van der Waals surface area contributed by atoms with Crippen molar-refractivity contribution in [3.63, 3.8) is 0 Å². The number of fused-ring (bicyclic) bond motifs is 1. The molecule has 3 atom stereocenters. The van der Waals surface area contributed by atoms with Crippen molar-refractivity contribution in [2.45, 2.75) is 37.8 Å². The molecular formula is C20H26N2O5. The van der Waals surface area contributed by atoms with Crippen molar-refractivity contribution < 1.29 is 24.5 Å². The second kappa shape index (κ2) is 7.70. The molecule has 2 aliphatic heterocycles. The number of rotatable bonds is 6. The third-order valence-corrected chi connectivity index (χ3v) is 5.52. The van der Waals surface area contributed by atoms with Gasteiger partial charge in [0, 0.05) is 30.1 Å². The molecular weight excluding hydrogens is 348 g/mol. The number of hydrogen-bond donors (Lipinski definition) is 3. The molecule has 0 spiro atoms. The maximum atomic E-state index is 12.4. The Balaban J connectivity index is 1.72. The lowest BCUT2D eigenvalue weighted by Gasteiger charge is -2.26. The molecule has 1 aromatic carbocycles. The number of methoxy groups -OCH3 is 1. The highest BCUT2D eigenvalue weighted by Crippen LogP contribution is 2.43. The van der Waals surface area contributed by atoms with E-state index in [1.54, 1.807) is 42.2 Å². The number of carbonyl (C=O) groups is 2. The number of amides is 2. The van der Waals surface area contributed by atoms with Crippen molar-refractivity contribution >= 4 is 17.5 Å². The van der Waals surface area contributed by atoms with Crippen LogP contribution in [0, 0.1) is 5.92 Å². The number of aliphatic hydroxyl groups excluding tert-OH is 1. The number of carbonyl (C=O) groups excluding carboxylic acids is 2. The van der Waals surface area contributed by atoms with Crippen LogP contribution in [0.5, 0.6) is 5.75 Å². The Kier molecular flexibility index (Phi) is 5.53. The van der Waals surface area contributed by atoms with E-state index in [-0.39, 0.29) is 25.0 Å². The van der Waals surface area contributed by atoms with Crippen LogP contribution >= 0.6 is 0 Å². The van der Waals surface area contributed by atoms with E-state index in [1.165, 1.54) is 7.11 Å². The molecule has 0 radical (unpaired) electrons. The third kappa shape index (κ3) is 3.44. The molecule has 1 saturated heterocycles. The number of likely N-dealkylation sites (tertiary alicyclic amines) is 1. The monoisotopic (exact) mass is 374 g/mol. The van der Waals surface area contributed by atoms with Gasteiger partial charge in [0.2, 0.25) is 5.91 Å². The number of hydrogen-bond acceptors (Lipinski definition) is 5. The van der Waals surface area contributed by atoms with Gasteiger partial charge in [0.25, 0.3) is 5.91 Å². The highest BCUT2D eigenvalue weighted by Gasteiger charge is 2.48. The Bertz CT molecular complexity index is 763. The first kappa shape index (κ1) is 19.4. The summed E-state index contributed by atoms with van der Waals surface area (Å²) in [7, 11) is 1.53. The maximum absolute atomic E-state index is 12.4. The van der Waals surface area contributed by atoms with Crippen LogP contribution in [0.3, 0.4) is 0 Å². The number of nitrogens with one attached hydrogen (secondary N) is 1. The van der Waals surface area contributed by atoms with E-state index in [2.05, 4.69) is 5.32 Å². The molecule has 0 saturated carbocycles. The summed E-state index contributed by atoms with van der Waals surface area (Å²) in [4.78, 5) is 26.5. The lowest BCUT2D eigenvalue weighted by atomic mass is 9.83. The van der Waals surface area contributed by atoms with Crippen molar-refractivity contribution in [1.29, 1.82) is 0 Å². The van der Waals surface area contributed by atoms with E-state index in [4.69, 9.17) is 4.74 Å². The van der Waals surface area contributed by atoms with E-state index < -0.39 is 17.4 Å². The topological polar surface area (TPSA) is 99.1 Å². The first-order valence-electron chi connectivity index (χ1n) is 9.21. The average molecular weight is 374 g/mol. The summed E-state index contributed by atoms with van der Waals surface area (Å²) in [5.74, 6) is -0.529. The first-order valence-corrected chi connectivity index (χ1v) is 9.21. The molecule has 7 nitrogen and oxygen atoms in total. The molecule has 0 aliphatic carbocycles. The number of ether oxygens (including phenoxy) is 1. The van der Waals surface area contributed by atoms with Crippen LogP contribution in [0.15, 0.2) is 30.4 Å². The zero-order chi connectivity index (χ0) is 19.6. The van der Waals surface area contributed by atoms with Crippen molar-refractivity contribution in [3.8, 4) is 5.75 Å². The van der Waals surface area contributed by atoms with Crippen LogP contribution in [0.25, 0.3) is 0 Å². The summed E-state index contributed by atoms with van der Waals surface area (Å²) in [6.45, 7) is 2.37. The second-order valence-electron chi connectivity index (χ2n) is 7.12. The minimum Gasteiger partial charge on any atom is -0.497 e. The van der Waals surface area contributed by atoms with Crippen LogP contribution in [-0.4, -0.2) is 53.2 Å². The fourth-order valence-electron chi connectivity index (χ4n) is 3.85. The van der Waals surface area contributed by atoms with Gasteiger partial charge in [-0.15, -0.1) is 0 Å². The summed E-state index contributed by atoms with van der Waals surface area (Å²) < 4.78 is 5.20. The Morgan fingerprint density at radius 3 is 3.00 bits per heavy atom. The molecule has 0 bridgehead atoms. The van der Waals surface area contributed by atoms with Crippen molar-refractivity contribution in [2.24, 2.45) is 5.92 Å². The van der Waals surface area contributed by atoms with Gasteiger partial charge in [-0.3, -0.25) is 9.59 Å². The maximum Gasteiger partial charge on any atom is 0.261 e. The molecule has 146 valence electrons. The highest BCUT2D eigenvalue weighted by atomic mass is 16.5. The van der Waals surface area contributed by atoms with Crippen molar-refractivity contribution in [2.75, 3.05) is 25.6 Å². The van der Waals surface area contributed by atoms with Gasteiger partial charge in [0.15, 0.2) is 5.60 Å². The van der Waals surface area contributed by atoms with Crippen LogP contribution < -0.4 is 10.1 Å². The minimum atomic E-state index is -1.72. The molecule has 3 N–H and O–H groups in total. The third-order valence-electron chi connectivity index (χ3n) is 5.52. The standard InChI is InChI=1S/C20H26N2O5/c1-13(5-3-7-18(24)22-10-4-6-14(22)12-23)20(26)16-11-15(27-2)8-9-17(16)21-19(20)25/h3,5,8-9,11,13-14,23,26H,4,6-7,10,12H2,1-2H3,(H,21,25)/b5-3+/t13-,14-,20+/m0/s1. The summed E-state index contributed by atoms with van der Waals surface area (Å²) >= 11 is 0. The van der Waals surface area contributed by atoms with Gasteiger partial charge in [-0.2, -0.15) is 0 Å². The van der Waals surface area contributed by atoms with Gasteiger partial charge >= 0.3 is 0 Å². The fourth-order valence-corrected chi connectivity index (χ4v) is 3.85. The summed E-state index contributed by atoms with van der Waals surface area (Å²) in [5.41, 5.74) is -0.692. The Morgan fingerprint density at radius 2 is 2.30 bits per heavy atom. The SMILES string of the molecule is COc1ccc2c(c1)[C@](O)([C@@H](C)/C=C/CC(=O)N1CCC[C@H]1CO)C(=O)N2. The van der Waals surface area contributed by atoms with Gasteiger partial charge in [0.05, 0.1) is 19.8 Å². The molecule has 1 fully saturated rings. The summed E-state index contributed by atoms with van der Waals surface area (Å²) in [5, 5.41) is 23.1. The van der Waals surface area contributed by atoms with E-state index in [0.717, 1.165) is 12.8 Å². The van der Waals surface area contributed by atoms with Crippen LogP contribution in [-0.2, 0) is 15.2 Å². The van der Waals surface area contributed by atoms with E-state index in [9.17, 15) is 19.8 Å². The highest BCUT2D eigenvalue weighted by molar-refractivity contribution is 6.05. The number of benzene rings is 1. The normalized spacial score (nSPS) is 25.6. The van der Waals surface area contributed by atoms with Gasteiger partial charge in [-0.25, -0.2) is 0 Å². The summed E-state index contributed by atoms with van der Waals surface area (Å²) in [6.07, 6.45) is 5.26. The molecule has 3 rings (SSSR count). The number of anilines is 1. The van der Waals surface area contributed by atoms with Crippen molar-refractivity contribution in [3.05, 3.63) is 35.9 Å². The largest absolute Gasteiger partial charge is 0.497 e. The van der Waals surface area contributed by atoms with Crippen LogP contribution in [0.4, 0.5) is 5.69 Å². The molecule has 1 aromatic rings. The predicted octanol–water partition coefficient (Wildman–Crippen LogP) is 1.40. The second-order valence-corrected chi connectivity index (χ2v) is 7.12. The number of nitrogens with zero attached hydrogens (tertiary/aromatic N) is 1. The lowest BCUT2D eigenvalue weighted by molar-refractivity contribution is -0.137. The van der Waals surface area contributed by atoms with E-state index >= 15 is 0 Å². The zero-order valence-electron chi connectivity index (χ0n) is 15.6. The lowest BCUT2D eigenvalue weighted by Crippen LogP contribution is -2.40. The van der Waals surface area contributed by atoms with Gasteiger partial charge in [-0.05, 0) is 31.0 Å². The Labute approximate surface area is 158 Å². The zero-order valence-corrected chi connectivity index (χ0v) is 15.6. The molecule has 0 unspecified atom stereocenters. The van der Waals surface area contributed by atoms with Gasteiger partial charge in [0.1, 0.15) is 5.75 Å². The van der Waals surface area contributed by atoms with Crippen molar-refractivity contribution in [1.82, 2.24) is 4.90 Å². The summed E-state index contributed by atoms with van der Waals surface area (Å²) in [6, 6.07) is 4.97. The predicted molar refractivity (Wildman–Crippen MR) is 100 cm³/mol. The average Bonchev–Trinajstić information content (AvgIpc) is 3.25. The fraction of sp³-hybridized carbons (Fsp3) is 0.500. The quantitative estimate of drug-likeness (QED) is 0.654. The van der Waals surface area contributed by atoms with Crippen LogP contribution in [0.2, 0.25) is 0 Å². The Morgan fingerprint density at radius 1 is 1.52 bits per heavy atom. The first-order chi connectivity index (χ1) is 12.9. The molecule has 2 heterocycles.